The van der Waals surface area contributed by atoms with Crippen LogP contribution in [0.4, 0.5) is 0 Å². The van der Waals surface area contributed by atoms with Gasteiger partial charge in [-0.3, -0.25) is 4.79 Å². The summed E-state index contributed by atoms with van der Waals surface area (Å²) in [6, 6.07) is 0. The number of hydrogen-bond acceptors (Lipinski definition) is 6. The van der Waals surface area contributed by atoms with Crippen LogP contribution in [0.5, 0.6) is 0 Å². The molecule has 0 spiro atoms. The van der Waals surface area contributed by atoms with E-state index in [2.05, 4.69) is 0 Å². The summed E-state index contributed by atoms with van der Waals surface area (Å²) in [5, 5.41) is 18.6. The monoisotopic (exact) mass is 294 g/mol. The van der Waals surface area contributed by atoms with Crippen molar-refractivity contribution < 1.29 is 19.7 Å². The van der Waals surface area contributed by atoms with Crippen LogP contribution in [0.2, 0.25) is 0 Å². The van der Waals surface area contributed by atoms with Gasteiger partial charge in [0.05, 0.1) is 6.10 Å². The van der Waals surface area contributed by atoms with Gasteiger partial charge < -0.3 is 14.9 Å². The Balaban J connectivity index is 1.92. The second kappa shape index (κ2) is 9.95. The maximum absolute atomic E-state index is 11.3. The highest BCUT2D eigenvalue weighted by molar-refractivity contribution is 8.77. The van der Waals surface area contributed by atoms with E-state index in [0.717, 1.165) is 18.1 Å². The van der Waals surface area contributed by atoms with Gasteiger partial charge in [0.25, 0.3) is 0 Å². The summed E-state index contributed by atoms with van der Waals surface area (Å²) in [6.07, 6.45) is 4.32. The van der Waals surface area contributed by atoms with E-state index < -0.39 is 6.10 Å². The van der Waals surface area contributed by atoms with Gasteiger partial charge in [0.1, 0.15) is 6.61 Å². The molecule has 2 N–H and O–H groups in total. The normalized spacial score (nSPS) is 20.9. The Morgan fingerprint density at radius 1 is 1.44 bits per heavy atom. The lowest BCUT2D eigenvalue weighted by Crippen LogP contribution is -2.19. The number of ether oxygens (including phenoxy) is 1. The SMILES string of the molecule is O=C(CCCC[C@@H]1CCSS1)OC[C@@H](O)CCO. The van der Waals surface area contributed by atoms with E-state index in [1.807, 2.05) is 21.6 Å². The summed E-state index contributed by atoms with van der Waals surface area (Å²) in [6.45, 7) is -0.0930. The topological polar surface area (TPSA) is 66.8 Å². The van der Waals surface area contributed by atoms with Crippen LogP contribution >= 0.6 is 21.6 Å². The molecule has 1 rings (SSSR count). The van der Waals surface area contributed by atoms with E-state index in [-0.39, 0.29) is 25.6 Å². The van der Waals surface area contributed by atoms with E-state index in [0.29, 0.717) is 6.42 Å². The van der Waals surface area contributed by atoms with Crippen molar-refractivity contribution in [2.45, 2.75) is 49.9 Å². The average molecular weight is 294 g/mol. The van der Waals surface area contributed by atoms with Crippen molar-refractivity contribution in [3.8, 4) is 0 Å². The molecule has 18 heavy (non-hydrogen) atoms. The second-order valence-electron chi connectivity index (χ2n) is 4.42. The quantitative estimate of drug-likeness (QED) is 0.385. The Labute approximate surface area is 116 Å². The number of carbonyl (C=O) groups excluding carboxylic acids is 1. The molecule has 1 aliphatic heterocycles. The van der Waals surface area contributed by atoms with Crippen LogP contribution in [0.1, 0.15) is 38.5 Å². The van der Waals surface area contributed by atoms with E-state index in [1.54, 1.807) is 0 Å². The zero-order valence-corrected chi connectivity index (χ0v) is 12.2. The molecule has 0 unspecified atom stereocenters. The van der Waals surface area contributed by atoms with Crippen molar-refractivity contribution in [3.63, 3.8) is 0 Å². The molecule has 1 saturated heterocycles. The lowest BCUT2D eigenvalue weighted by molar-refractivity contribution is -0.147. The summed E-state index contributed by atoms with van der Waals surface area (Å²) in [4.78, 5) is 11.3. The highest BCUT2D eigenvalue weighted by Gasteiger charge is 2.16. The molecule has 0 saturated carbocycles. The first kappa shape index (κ1) is 16.1. The largest absolute Gasteiger partial charge is 0.463 e. The second-order valence-corrected chi connectivity index (χ2v) is 7.21. The predicted molar refractivity (Wildman–Crippen MR) is 75.6 cm³/mol. The molecule has 1 heterocycles. The summed E-state index contributed by atoms with van der Waals surface area (Å²) in [7, 11) is 3.90. The van der Waals surface area contributed by atoms with Crippen molar-refractivity contribution in [2.75, 3.05) is 19.0 Å². The van der Waals surface area contributed by atoms with Crippen LogP contribution in [0.3, 0.4) is 0 Å². The number of carbonyl (C=O) groups is 1. The van der Waals surface area contributed by atoms with Gasteiger partial charge >= 0.3 is 5.97 Å². The molecule has 0 radical (unpaired) electrons. The van der Waals surface area contributed by atoms with Gasteiger partial charge in [-0.15, -0.1) is 0 Å². The van der Waals surface area contributed by atoms with Crippen LogP contribution in [0, 0.1) is 0 Å². The van der Waals surface area contributed by atoms with Crippen LogP contribution in [-0.4, -0.2) is 46.5 Å². The van der Waals surface area contributed by atoms with Crippen molar-refractivity contribution in [3.05, 3.63) is 0 Å². The molecule has 0 aromatic rings. The number of aliphatic hydroxyl groups is 2. The van der Waals surface area contributed by atoms with Crippen LogP contribution in [0.15, 0.2) is 0 Å². The maximum Gasteiger partial charge on any atom is 0.305 e. The Morgan fingerprint density at radius 2 is 2.28 bits per heavy atom. The molecule has 6 heteroatoms. The molecule has 0 aromatic carbocycles. The minimum Gasteiger partial charge on any atom is -0.463 e. The maximum atomic E-state index is 11.3. The highest BCUT2D eigenvalue weighted by atomic mass is 33.1. The first-order chi connectivity index (χ1) is 8.72. The minimum atomic E-state index is -0.745. The molecule has 0 bridgehead atoms. The summed E-state index contributed by atoms with van der Waals surface area (Å²) in [5.74, 6) is 1.00. The number of aliphatic hydroxyl groups excluding tert-OH is 2. The molecule has 1 fully saturated rings. The van der Waals surface area contributed by atoms with Crippen LogP contribution in [-0.2, 0) is 9.53 Å². The molecule has 106 valence electrons. The van der Waals surface area contributed by atoms with Crippen molar-refractivity contribution >= 4 is 27.6 Å². The summed E-state index contributed by atoms with van der Waals surface area (Å²) < 4.78 is 4.92. The lowest BCUT2D eigenvalue weighted by atomic mass is 10.1. The van der Waals surface area contributed by atoms with Gasteiger partial charge in [-0.2, -0.15) is 0 Å². The van der Waals surface area contributed by atoms with Gasteiger partial charge in [0.15, 0.2) is 0 Å². The fourth-order valence-electron chi connectivity index (χ4n) is 1.70. The van der Waals surface area contributed by atoms with Gasteiger partial charge in [-0.1, -0.05) is 28.0 Å². The first-order valence-electron chi connectivity index (χ1n) is 6.45. The average Bonchev–Trinajstić information content (AvgIpc) is 2.85. The molecule has 4 nitrogen and oxygen atoms in total. The molecule has 1 aliphatic rings. The van der Waals surface area contributed by atoms with Crippen molar-refractivity contribution in [1.82, 2.24) is 0 Å². The van der Waals surface area contributed by atoms with Gasteiger partial charge in [0, 0.05) is 24.0 Å². The third kappa shape index (κ3) is 7.51. The highest BCUT2D eigenvalue weighted by Crippen LogP contribution is 2.39. The molecule has 0 aliphatic carbocycles. The number of unbranched alkanes of at least 4 members (excludes halogenated alkanes) is 1. The fraction of sp³-hybridized carbons (Fsp3) is 0.917. The van der Waals surface area contributed by atoms with Crippen molar-refractivity contribution in [2.24, 2.45) is 0 Å². The minimum absolute atomic E-state index is 0.00545. The third-order valence-electron chi connectivity index (χ3n) is 2.78. The van der Waals surface area contributed by atoms with E-state index in [1.165, 1.54) is 18.6 Å². The van der Waals surface area contributed by atoms with Gasteiger partial charge in [0.2, 0.25) is 0 Å². The molecule has 0 amide bonds. The van der Waals surface area contributed by atoms with Gasteiger partial charge in [-0.05, 0) is 25.7 Å². The Morgan fingerprint density at radius 3 is 2.94 bits per heavy atom. The number of hydrogen-bond donors (Lipinski definition) is 2. The summed E-state index contributed by atoms with van der Waals surface area (Å²) in [5.41, 5.74) is 0. The Bertz CT molecular complexity index is 232. The fourth-order valence-corrected chi connectivity index (χ4v) is 4.73. The molecular formula is C12H22O4S2. The predicted octanol–water partition coefficient (Wildman–Crippen LogP) is 1.99. The zero-order chi connectivity index (χ0) is 13.2. The Kier molecular flexibility index (Phi) is 8.92. The third-order valence-corrected chi connectivity index (χ3v) is 5.79. The van der Waals surface area contributed by atoms with Gasteiger partial charge in [-0.25, -0.2) is 0 Å². The number of esters is 1. The van der Waals surface area contributed by atoms with Crippen molar-refractivity contribution in [1.29, 1.82) is 0 Å². The van der Waals surface area contributed by atoms with E-state index in [9.17, 15) is 9.90 Å². The van der Waals surface area contributed by atoms with Crippen LogP contribution < -0.4 is 0 Å². The number of rotatable bonds is 9. The molecule has 2 atom stereocenters. The lowest BCUT2D eigenvalue weighted by Gasteiger charge is -2.10. The first-order valence-corrected chi connectivity index (χ1v) is 8.83. The van der Waals surface area contributed by atoms with E-state index in [4.69, 9.17) is 9.84 Å². The van der Waals surface area contributed by atoms with Crippen LogP contribution in [0.25, 0.3) is 0 Å². The smallest absolute Gasteiger partial charge is 0.305 e. The standard InChI is InChI=1S/C12H22O4S2/c13-7-5-10(14)9-16-12(15)4-2-1-3-11-6-8-17-18-11/h10-11,13-14H,1-9H2/t10-,11+/m0/s1. The Hall–Kier alpha value is 0.0900. The summed E-state index contributed by atoms with van der Waals surface area (Å²) >= 11 is 0. The zero-order valence-electron chi connectivity index (χ0n) is 10.5. The van der Waals surface area contributed by atoms with E-state index >= 15 is 0 Å². The molecule has 0 aromatic heterocycles. The molecular weight excluding hydrogens is 272 g/mol.